The van der Waals surface area contributed by atoms with E-state index in [0.29, 0.717) is 10.6 Å². The van der Waals surface area contributed by atoms with Gasteiger partial charge in [0, 0.05) is 5.02 Å². The van der Waals surface area contributed by atoms with Crippen molar-refractivity contribution in [2.24, 2.45) is 0 Å². The van der Waals surface area contributed by atoms with Crippen molar-refractivity contribution in [3.05, 3.63) is 70.0 Å². The third-order valence-corrected chi connectivity index (χ3v) is 3.37. The first-order chi connectivity index (χ1) is 9.82. The Kier molecular flexibility index (Phi) is 4.54. The maximum absolute atomic E-state index is 13.4. The van der Waals surface area contributed by atoms with Crippen molar-refractivity contribution in [1.29, 1.82) is 0 Å². The Labute approximate surface area is 124 Å². The van der Waals surface area contributed by atoms with E-state index in [0.717, 1.165) is 18.2 Å². The summed E-state index contributed by atoms with van der Waals surface area (Å²) in [6, 6.07) is 8.05. The van der Waals surface area contributed by atoms with Crippen molar-refractivity contribution in [1.82, 2.24) is 5.32 Å². The van der Waals surface area contributed by atoms with E-state index in [4.69, 9.17) is 11.6 Å². The second-order valence-corrected chi connectivity index (χ2v) is 4.94. The minimum atomic E-state index is -4.55. The first-order valence-electron chi connectivity index (χ1n) is 6.12. The van der Waals surface area contributed by atoms with Crippen LogP contribution in [0.4, 0.5) is 17.6 Å². The Morgan fingerprint density at radius 2 is 1.67 bits per heavy atom. The van der Waals surface area contributed by atoms with Gasteiger partial charge >= 0.3 is 6.18 Å². The fourth-order valence-corrected chi connectivity index (χ4v) is 2.31. The highest BCUT2D eigenvalue weighted by molar-refractivity contribution is 6.30. The molecule has 0 saturated heterocycles. The van der Waals surface area contributed by atoms with Gasteiger partial charge in [0.05, 0.1) is 11.6 Å². The standard InChI is InChI=1S/C15H12ClF4N/c1-21-14(9-2-4-10(16)5-3-9)12-8-11(17)6-7-13(12)15(18,19)20/h2-8,14,21H,1H3. The van der Waals surface area contributed by atoms with Crippen LogP contribution in [0.1, 0.15) is 22.7 Å². The van der Waals surface area contributed by atoms with E-state index in [1.165, 1.54) is 7.05 Å². The molecule has 6 heteroatoms. The predicted molar refractivity (Wildman–Crippen MR) is 73.8 cm³/mol. The molecule has 0 aliphatic heterocycles. The third-order valence-electron chi connectivity index (χ3n) is 3.12. The summed E-state index contributed by atoms with van der Waals surface area (Å²) < 4.78 is 52.7. The highest BCUT2D eigenvalue weighted by atomic mass is 35.5. The number of rotatable bonds is 3. The fraction of sp³-hybridized carbons (Fsp3) is 0.200. The quantitative estimate of drug-likeness (QED) is 0.801. The number of hydrogen-bond acceptors (Lipinski definition) is 1. The van der Waals surface area contributed by atoms with Crippen LogP contribution in [-0.2, 0) is 6.18 Å². The normalized spacial score (nSPS) is 13.2. The number of benzene rings is 2. The van der Waals surface area contributed by atoms with Gasteiger partial charge in [-0.3, -0.25) is 0 Å². The topological polar surface area (TPSA) is 12.0 Å². The molecule has 2 aromatic rings. The fourth-order valence-electron chi connectivity index (χ4n) is 2.19. The monoisotopic (exact) mass is 317 g/mol. The molecule has 2 aromatic carbocycles. The van der Waals surface area contributed by atoms with Gasteiger partial charge in [-0.15, -0.1) is 0 Å². The largest absolute Gasteiger partial charge is 0.416 e. The van der Waals surface area contributed by atoms with Crippen LogP contribution in [0.5, 0.6) is 0 Å². The zero-order chi connectivity index (χ0) is 15.6. The lowest BCUT2D eigenvalue weighted by Gasteiger charge is -2.22. The summed E-state index contributed by atoms with van der Waals surface area (Å²) in [5, 5.41) is 3.26. The molecule has 1 N–H and O–H groups in total. The highest BCUT2D eigenvalue weighted by Crippen LogP contribution is 2.37. The molecule has 112 valence electrons. The zero-order valence-electron chi connectivity index (χ0n) is 11.0. The molecule has 0 bridgehead atoms. The second-order valence-electron chi connectivity index (χ2n) is 4.50. The summed E-state index contributed by atoms with van der Waals surface area (Å²) in [7, 11) is 1.52. The molecule has 1 nitrogen and oxygen atoms in total. The SMILES string of the molecule is CNC(c1ccc(Cl)cc1)c1cc(F)ccc1C(F)(F)F. The minimum absolute atomic E-state index is 0.160. The average Bonchev–Trinajstić information content (AvgIpc) is 2.40. The van der Waals surface area contributed by atoms with Crippen LogP contribution in [0.2, 0.25) is 5.02 Å². The first-order valence-corrected chi connectivity index (χ1v) is 6.50. The molecule has 0 aliphatic rings. The summed E-state index contributed by atoms with van der Waals surface area (Å²) >= 11 is 5.77. The molecular weight excluding hydrogens is 306 g/mol. The van der Waals surface area contributed by atoms with Crippen LogP contribution in [0, 0.1) is 5.82 Å². The molecule has 0 aromatic heterocycles. The van der Waals surface area contributed by atoms with Crippen molar-refractivity contribution in [2.45, 2.75) is 12.2 Å². The molecule has 0 spiro atoms. The Morgan fingerprint density at radius 3 is 2.19 bits per heavy atom. The van der Waals surface area contributed by atoms with Crippen LogP contribution in [0.25, 0.3) is 0 Å². The van der Waals surface area contributed by atoms with Crippen LogP contribution < -0.4 is 5.32 Å². The van der Waals surface area contributed by atoms with Crippen LogP contribution in [0.3, 0.4) is 0 Å². The number of alkyl halides is 3. The van der Waals surface area contributed by atoms with Gasteiger partial charge in [-0.05, 0) is 48.5 Å². The van der Waals surface area contributed by atoms with E-state index < -0.39 is 23.6 Å². The lowest BCUT2D eigenvalue weighted by molar-refractivity contribution is -0.138. The molecule has 0 radical (unpaired) electrons. The first kappa shape index (κ1) is 15.8. The van der Waals surface area contributed by atoms with Crippen molar-refractivity contribution >= 4 is 11.6 Å². The number of hydrogen-bond donors (Lipinski definition) is 1. The second kappa shape index (κ2) is 6.03. The Morgan fingerprint density at radius 1 is 1.05 bits per heavy atom. The summed E-state index contributed by atoms with van der Waals surface area (Å²) in [6.07, 6.45) is -4.55. The van der Waals surface area contributed by atoms with E-state index >= 15 is 0 Å². The lowest BCUT2D eigenvalue weighted by Crippen LogP contribution is -2.22. The number of halogens is 5. The zero-order valence-corrected chi connectivity index (χ0v) is 11.8. The molecule has 1 atom stereocenters. The van der Waals surface area contributed by atoms with Gasteiger partial charge in [-0.2, -0.15) is 13.2 Å². The van der Waals surface area contributed by atoms with Crippen LogP contribution in [-0.4, -0.2) is 7.05 Å². The van der Waals surface area contributed by atoms with Gasteiger partial charge in [0.1, 0.15) is 5.82 Å². The third kappa shape index (κ3) is 3.54. The van der Waals surface area contributed by atoms with Crippen molar-refractivity contribution in [3.63, 3.8) is 0 Å². The Balaban J connectivity index is 2.56. The summed E-state index contributed by atoms with van der Waals surface area (Å²) in [5.41, 5.74) is -0.455. The summed E-state index contributed by atoms with van der Waals surface area (Å²) in [5.74, 6) is -0.716. The molecule has 0 heterocycles. The van der Waals surface area contributed by atoms with E-state index in [1.807, 2.05) is 0 Å². The van der Waals surface area contributed by atoms with Gasteiger partial charge in [-0.25, -0.2) is 4.39 Å². The average molecular weight is 318 g/mol. The Bertz CT molecular complexity index is 623. The van der Waals surface area contributed by atoms with Crippen molar-refractivity contribution in [3.8, 4) is 0 Å². The lowest BCUT2D eigenvalue weighted by atomic mass is 9.94. The predicted octanol–water partition coefficient (Wildman–Crippen LogP) is 4.81. The van der Waals surface area contributed by atoms with Gasteiger partial charge < -0.3 is 5.32 Å². The van der Waals surface area contributed by atoms with Gasteiger partial charge in [0.15, 0.2) is 0 Å². The van der Waals surface area contributed by atoms with E-state index in [-0.39, 0.29) is 5.56 Å². The van der Waals surface area contributed by atoms with Crippen molar-refractivity contribution < 1.29 is 17.6 Å². The Hall–Kier alpha value is -1.59. The van der Waals surface area contributed by atoms with Gasteiger partial charge in [-0.1, -0.05) is 23.7 Å². The molecule has 1 unspecified atom stereocenters. The molecule has 21 heavy (non-hydrogen) atoms. The minimum Gasteiger partial charge on any atom is -0.309 e. The van der Waals surface area contributed by atoms with E-state index in [9.17, 15) is 17.6 Å². The van der Waals surface area contributed by atoms with Gasteiger partial charge in [0.2, 0.25) is 0 Å². The molecule has 0 amide bonds. The molecule has 0 saturated carbocycles. The van der Waals surface area contributed by atoms with Crippen LogP contribution in [0.15, 0.2) is 42.5 Å². The molecular formula is C15H12ClF4N. The summed E-state index contributed by atoms with van der Waals surface area (Å²) in [4.78, 5) is 0. The molecule has 0 aliphatic carbocycles. The van der Waals surface area contributed by atoms with Gasteiger partial charge in [0.25, 0.3) is 0 Å². The van der Waals surface area contributed by atoms with E-state index in [2.05, 4.69) is 5.32 Å². The maximum Gasteiger partial charge on any atom is 0.416 e. The maximum atomic E-state index is 13.4. The van der Waals surface area contributed by atoms with Crippen molar-refractivity contribution in [2.75, 3.05) is 7.05 Å². The van der Waals surface area contributed by atoms with E-state index in [1.54, 1.807) is 24.3 Å². The molecule has 0 fully saturated rings. The molecule has 2 rings (SSSR count). The smallest absolute Gasteiger partial charge is 0.309 e. The highest BCUT2D eigenvalue weighted by Gasteiger charge is 2.35. The number of nitrogens with one attached hydrogen (secondary N) is 1. The van der Waals surface area contributed by atoms with Crippen LogP contribution >= 0.6 is 11.6 Å². The summed E-state index contributed by atoms with van der Waals surface area (Å²) in [6.45, 7) is 0.